The lowest BCUT2D eigenvalue weighted by Crippen LogP contribution is -2.18. The molecule has 4 nitrogen and oxygen atoms in total. The van der Waals surface area contributed by atoms with Crippen LogP contribution >= 0.6 is 11.6 Å². The summed E-state index contributed by atoms with van der Waals surface area (Å²) in [5.41, 5.74) is 9.14. The maximum absolute atomic E-state index is 11.3. The van der Waals surface area contributed by atoms with E-state index in [0.29, 0.717) is 23.7 Å². The second kappa shape index (κ2) is 5.66. The third-order valence-electron chi connectivity index (χ3n) is 3.44. The number of carbonyl (C=O) groups excluding carboxylic acids is 1. The molecule has 2 aromatic rings. The minimum Gasteiger partial charge on any atom is -0.489 e. The third kappa shape index (κ3) is 3.11. The molecule has 1 amide bonds. The van der Waals surface area contributed by atoms with Gasteiger partial charge in [0.25, 0.3) is 0 Å². The van der Waals surface area contributed by atoms with Crippen LogP contribution in [0, 0.1) is 0 Å². The Balaban J connectivity index is 1.72. The van der Waals surface area contributed by atoms with Crippen LogP contribution in [0.1, 0.15) is 17.5 Å². The highest BCUT2D eigenvalue weighted by atomic mass is 35.5. The van der Waals surface area contributed by atoms with Gasteiger partial charge in [0, 0.05) is 28.4 Å². The zero-order valence-electron chi connectivity index (χ0n) is 11.4. The molecule has 1 heterocycles. The Bertz CT molecular complexity index is 701. The lowest BCUT2D eigenvalue weighted by molar-refractivity contribution is -0.116. The smallest absolute Gasteiger partial charge is 0.224 e. The Morgan fingerprint density at radius 1 is 1.19 bits per heavy atom. The number of hydrogen-bond donors (Lipinski definition) is 2. The highest BCUT2D eigenvalue weighted by molar-refractivity contribution is 6.31. The summed E-state index contributed by atoms with van der Waals surface area (Å²) in [7, 11) is 0. The summed E-state index contributed by atoms with van der Waals surface area (Å²) >= 11 is 6.12. The number of carbonyl (C=O) groups is 1. The van der Waals surface area contributed by atoms with E-state index in [-0.39, 0.29) is 5.91 Å². The molecule has 5 heteroatoms. The van der Waals surface area contributed by atoms with Crippen molar-refractivity contribution < 1.29 is 9.53 Å². The molecule has 0 saturated heterocycles. The van der Waals surface area contributed by atoms with Crippen LogP contribution in [0.2, 0.25) is 5.02 Å². The van der Waals surface area contributed by atoms with Crippen LogP contribution in [0.25, 0.3) is 0 Å². The number of aryl methyl sites for hydroxylation is 1. The Labute approximate surface area is 127 Å². The van der Waals surface area contributed by atoms with Crippen molar-refractivity contribution in [3.8, 4) is 5.75 Å². The van der Waals surface area contributed by atoms with Gasteiger partial charge in [-0.05, 0) is 42.3 Å². The molecule has 0 saturated carbocycles. The van der Waals surface area contributed by atoms with Gasteiger partial charge in [0.2, 0.25) is 5.91 Å². The van der Waals surface area contributed by atoms with Gasteiger partial charge < -0.3 is 15.8 Å². The number of rotatable bonds is 3. The van der Waals surface area contributed by atoms with E-state index in [4.69, 9.17) is 22.1 Å². The minimum atomic E-state index is 0.0600. The molecule has 0 aliphatic carbocycles. The highest BCUT2D eigenvalue weighted by Crippen LogP contribution is 2.28. The molecule has 3 N–H and O–H groups in total. The molecule has 0 radical (unpaired) electrons. The molecular weight excluding hydrogens is 288 g/mol. The van der Waals surface area contributed by atoms with Crippen molar-refractivity contribution >= 4 is 28.9 Å². The fraction of sp³-hybridized carbons (Fsp3) is 0.188. The highest BCUT2D eigenvalue weighted by Gasteiger charge is 2.15. The largest absolute Gasteiger partial charge is 0.489 e. The Hall–Kier alpha value is -2.20. The summed E-state index contributed by atoms with van der Waals surface area (Å²) in [5.74, 6) is 0.822. The number of amides is 1. The summed E-state index contributed by atoms with van der Waals surface area (Å²) in [4.78, 5) is 11.3. The van der Waals surface area contributed by atoms with Crippen molar-refractivity contribution in [2.45, 2.75) is 19.4 Å². The topological polar surface area (TPSA) is 64.3 Å². The van der Waals surface area contributed by atoms with Crippen molar-refractivity contribution in [3.63, 3.8) is 0 Å². The van der Waals surface area contributed by atoms with Crippen LogP contribution in [0.4, 0.5) is 11.4 Å². The van der Waals surface area contributed by atoms with Crippen molar-refractivity contribution in [1.82, 2.24) is 0 Å². The maximum atomic E-state index is 11.3. The third-order valence-corrected chi connectivity index (χ3v) is 3.80. The van der Waals surface area contributed by atoms with Crippen molar-refractivity contribution in [1.29, 1.82) is 0 Å². The van der Waals surface area contributed by atoms with Crippen LogP contribution in [-0.2, 0) is 17.8 Å². The number of benzene rings is 2. The number of fused-ring (bicyclic) bond motifs is 1. The van der Waals surface area contributed by atoms with Gasteiger partial charge in [-0.1, -0.05) is 17.7 Å². The standard InChI is InChI=1S/C16H15ClN2O2/c17-14-8-12(18)3-1-11(14)9-21-13-4-5-15-10(7-13)2-6-16(20)19-15/h1,3-5,7-8H,2,6,9,18H2,(H,19,20). The molecule has 0 aromatic heterocycles. The number of nitrogens with two attached hydrogens (primary N) is 1. The van der Waals surface area contributed by atoms with Crippen LogP contribution in [0.15, 0.2) is 36.4 Å². The lowest BCUT2D eigenvalue weighted by Gasteiger charge is -2.17. The van der Waals surface area contributed by atoms with E-state index < -0.39 is 0 Å². The van der Waals surface area contributed by atoms with Gasteiger partial charge in [0.05, 0.1) is 0 Å². The van der Waals surface area contributed by atoms with E-state index in [1.807, 2.05) is 24.3 Å². The monoisotopic (exact) mass is 302 g/mol. The first-order chi connectivity index (χ1) is 10.1. The predicted molar refractivity (Wildman–Crippen MR) is 83.6 cm³/mol. The summed E-state index contributed by atoms with van der Waals surface area (Å²) in [6.45, 7) is 0.379. The Morgan fingerprint density at radius 2 is 2.05 bits per heavy atom. The lowest BCUT2D eigenvalue weighted by atomic mass is 10.0. The second-order valence-corrected chi connectivity index (χ2v) is 5.41. The first-order valence-corrected chi connectivity index (χ1v) is 7.09. The molecule has 0 unspecified atom stereocenters. The van der Waals surface area contributed by atoms with Gasteiger partial charge in [-0.3, -0.25) is 4.79 Å². The summed E-state index contributed by atoms with van der Waals surface area (Å²) in [5, 5.41) is 3.44. The zero-order chi connectivity index (χ0) is 14.8. The molecule has 1 aliphatic heterocycles. The van der Waals surface area contributed by atoms with Crippen molar-refractivity contribution in [3.05, 3.63) is 52.5 Å². The summed E-state index contributed by atoms with van der Waals surface area (Å²) < 4.78 is 5.77. The average Bonchev–Trinajstić information content (AvgIpc) is 2.46. The molecule has 0 spiro atoms. The SMILES string of the molecule is Nc1ccc(COc2ccc3c(c2)CCC(=O)N3)c(Cl)c1. The van der Waals surface area contributed by atoms with Gasteiger partial charge >= 0.3 is 0 Å². The Morgan fingerprint density at radius 3 is 2.86 bits per heavy atom. The zero-order valence-corrected chi connectivity index (χ0v) is 12.1. The van der Waals surface area contributed by atoms with Gasteiger partial charge in [-0.15, -0.1) is 0 Å². The van der Waals surface area contributed by atoms with Crippen LogP contribution in [-0.4, -0.2) is 5.91 Å². The summed E-state index contributed by atoms with van der Waals surface area (Å²) in [6.07, 6.45) is 1.25. The van der Waals surface area contributed by atoms with E-state index in [9.17, 15) is 4.79 Å². The molecule has 0 bridgehead atoms. The van der Waals surface area contributed by atoms with E-state index >= 15 is 0 Å². The molecule has 0 fully saturated rings. The fourth-order valence-corrected chi connectivity index (χ4v) is 2.53. The molecule has 2 aromatic carbocycles. The van der Waals surface area contributed by atoms with E-state index in [1.54, 1.807) is 12.1 Å². The van der Waals surface area contributed by atoms with Gasteiger partial charge in [-0.2, -0.15) is 0 Å². The van der Waals surface area contributed by atoms with Crippen LogP contribution in [0.5, 0.6) is 5.75 Å². The minimum absolute atomic E-state index is 0.0600. The van der Waals surface area contributed by atoms with E-state index in [0.717, 1.165) is 29.0 Å². The Kier molecular flexibility index (Phi) is 3.71. The molecule has 21 heavy (non-hydrogen) atoms. The van der Waals surface area contributed by atoms with E-state index in [2.05, 4.69) is 5.32 Å². The van der Waals surface area contributed by atoms with Crippen LogP contribution < -0.4 is 15.8 Å². The number of halogens is 1. The van der Waals surface area contributed by atoms with Gasteiger partial charge in [0.1, 0.15) is 12.4 Å². The maximum Gasteiger partial charge on any atom is 0.224 e. The molecular formula is C16H15ClN2O2. The molecule has 3 rings (SSSR count). The molecule has 1 aliphatic rings. The molecule has 108 valence electrons. The number of hydrogen-bond acceptors (Lipinski definition) is 3. The van der Waals surface area contributed by atoms with Gasteiger partial charge in [-0.25, -0.2) is 0 Å². The van der Waals surface area contributed by atoms with Gasteiger partial charge in [0.15, 0.2) is 0 Å². The normalized spacial score (nSPS) is 13.5. The fourth-order valence-electron chi connectivity index (χ4n) is 2.29. The molecule has 0 atom stereocenters. The summed E-state index contributed by atoms with van der Waals surface area (Å²) in [6, 6.07) is 11.0. The number of anilines is 2. The quantitative estimate of drug-likeness (QED) is 0.854. The first-order valence-electron chi connectivity index (χ1n) is 6.71. The number of nitrogen functional groups attached to an aromatic ring is 1. The van der Waals surface area contributed by atoms with E-state index in [1.165, 1.54) is 0 Å². The predicted octanol–water partition coefficient (Wildman–Crippen LogP) is 3.39. The average molecular weight is 303 g/mol. The van der Waals surface area contributed by atoms with Crippen LogP contribution in [0.3, 0.4) is 0 Å². The second-order valence-electron chi connectivity index (χ2n) is 5.01. The van der Waals surface area contributed by atoms with Crippen molar-refractivity contribution in [2.24, 2.45) is 0 Å². The first kappa shape index (κ1) is 13.8. The van der Waals surface area contributed by atoms with Crippen molar-refractivity contribution in [2.75, 3.05) is 11.1 Å². The number of ether oxygens (including phenoxy) is 1. The number of nitrogens with one attached hydrogen (secondary N) is 1.